The standard InChI is InChI=1S/C52H31N5S2/c1-4-13-32(14-5-1)35-23-27-44-41(29-35)38-19-10-11-21-43(38)57(44)37-25-26-39-47(31-37)58-46-22-12-20-40(48(39)46)51-55-49(33-15-6-2-7-16-33)54-50(56-51)36-24-28-45-42(30-36)53-52(59-45)34-17-8-3-9-18-34/h1-31H. The molecule has 0 radical (unpaired) electrons. The Morgan fingerprint density at radius 2 is 1.03 bits per heavy atom. The van der Waals surface area contributed by atoms with Crippen molar-refractivity contribution in [2.75, 3.05) is 0 Å². The summed E-state index contributed by atoms with van der Waals surface area (Å²) in [6.45, 7) is 0. The number of hydrogen-bond acceptors (Lipinski definition) is 6. The van der Waals surface area contributed by atoms with Crippen LogP contribution < -0.4 is 0 Å². The van der Waals surface area contributed by atoms with Crippen LogP contribution in [0.1, 0.15) is 0 Å². The number of fused-ring (bicyclic) bond motifs is 7. The Hall–Kier alpha value is -7.32. The maximum absolute atomic E-state index is 5.22. The van der Waals surface area contributed by atoms with Crippen LogP contribution in [0.15, 0.2) is 188 Å². The molecule has 0 fully saturated rings. The van der Waals surface area contributed by atoms with E-state index in [1.54, 1.807) is 22.7 Å². The zero-order valence-electron chi connectivity index (χ0n) is 31.5. The van der Waals surface area contributed by atoms with Gasteiger partial charge in [-0.15, -0.1) is 22.7 Å². The number of rotatable bonds is 6. The molecule has 0 aliphatic heterocycles. The van der Waals surface area contributed by atoms with Gasteiger partial charge < -0.3 is 4.57 Å². The summed E-state index contributed by atoms with van der Waals surface area (Å²) in [5.41, 5.74) is 10.8. The van der Waals surface area contributed by atoms with E-state index in [0.717, 1.165) is 48.6 Å². The Morgan fingerprint density at radius 3 is 1.85 bits per heavy atom. The van der Waals surface area contributed by atoms with Gasteiger partial charge in [-0.05, 0) is 65.7 Å². The maximum Gasteiger partial charge on any atom is 0.164 e. The molecule has 4 aromatic heterocycles. The number of nitrogens with zero attached hydrogens (tertiary/aromatic N) is 5. The first-order valence-corrected chi connectivity index (χ1v) is 21.2. The van der Waals surface area contributed by atoms with E-state index in [-0.39, 0.29) is 0 Å². The fourth-order valence-electron chi connectivity index (χ4n) is 8.31. The number of thiazole rings is 1. The predicted octanol–water partition coefficient (Wildman–Crippen LogP) is 14.3. The summed E-state index contributed by atoms with van der Waals surface area (Å²) in [6, 6.07) is 66.3. The van der Waals surface area contributed by atoms with Gasteiger partial charge in [0, 0.05) is 58.9 Å². The number of para-hydroxylation sites is 1. The van der Waals surface area contributed by atoms with Crippen LogP contribution >= 0.6 is 22.7 Å². The van der Waals surface area contributed by atoms with Crippen molar-refractivity contribution in [2.24, 2.45) is 0 Å². The van der Waals surface area contributed by atoms with Gasteiger partial charge in [0.1, 0.15) is 5.01 Å². The lowest BCUT2D eigenvalue weighted by molar-refractivity contribution is 1.08. The van der Waals surface area contributed by atoms with Gasteiger partial charge in [0.05, 0.1) is 21.3 Å². The molecule has 7 heteroatoms. The normalized spacial score (nSPS) is 11.7. The van der Waals surface area contributed by atoms with E-state index in [0.29, 0.717) is 17.5 Å². The second-order valence-corrected chi connectivity index (χ2v) is 16.8. The first kappa shape index (κ1) is 33.8. The molecule has 0 N–H and O–H groups in total. The molecule has 59 heavy (non-hydrogen) atoms. The van der Waals surface area contributed by atoms with Crippen molar-refractivity contribution in [3.05, 3.63) is 188 Å². The lowest BCUT2D eigenvalue weighted by atomic mass is 10.0. The highest BCUT2D eigenvalue weighted by molar-refractivity contribution is 7.26. The van der Waals surface area contributed by atoms with Gasteiger partial charge in [0.2, 0.25) is 0 Å². The molecule has 4 heterocycles. The molecule has 0 aliphatic rings. The summed E-state index contributed by atoms with van der Waals surface area (Å²) in [4.78, 5) is 20.5. The zero-order chi connectivity index (χ0) is 38.9. The Bertz CT molecular complexity index is 3550. The third-order valence-corrected chi connectivity index (χ3v) is 13.3. The van der Waals surface area contributed by atoms with E-state index in [2.05, 4.69) is 156 Å². The molecule has 12 aromatic rings. The summed E-state index contributed by atoms with van der Waals surface area (Å²) >= 11 is 3.50. The third kappa shape index (κ3) is 5.74. The molecule has 0 amide bonds. The van der Waals surface area contributed by atoms with Gasteiger partial charge in [-0.2, -0.15) is 0 Å². The fourth-order valence-corrected chi connectivity index (χ4v) is 10.4. The molecule has 276 valence electrons. The minimum atomic E-state index is 0.616. The SMILES string of the molecule is c1ccc(-c2ccc3c(c2)c2ccccc2n3-c2ccc3c(c2)sc2cccc(-c4nc(-c5ccccc5)nc(-c5ccc6sc(-c7ccccc7)nc6c5)n4)c23)cc1. The lowest BCUT2D eigenvalue weighted by Crippen LogP contribution is -2.00. The molecule has 8 aromatic carbocycles. The monoisotopic (exact) mass is 789 g/mol. The first-order chi connectivity index (χ1) is 29.2. The summed E-state index contributed by atoms with van der Waals surface area (Å²) in [6.07, 6.45) is 0. The summed E-state index contributed by atoms with van der Waals surface area (Å²) in [5.74, 6) is 1.89. The molecule has 0 atom stereocenters. The van der Waals surface area contributed by atoms with Crippen LogP contribution in [0.2, 0.25) is 0 Å². The van der Waals surface area contributed by atoms with Gasteiger partial charge >= 0.3 is 0 Å². The van der Waals surface area contributed by atoms with Crippen LogP contribution in [-0.2, 0) is 0 Å². The summed E-state index contributed by atoms with van der Waals surface area (Å²) in [5, 5.41) is 5.80. The summed E-state index contributed by atoms with van der Waals surface area (Å²) in [7, 11) is 0. The Balaban J connectivity index is 1.00. The fraction of sp³-hybridized carbons (Fsp3) is 0. The number of aromatic nitrogens is 5. The van der Waals surface area contributed by atoms with E-state index < -0.39 is 0 Å². The van der Waals surface area contributed by atoms with Gasteiger partial charge in [-0.25, -0.2) is 19.9 Å². The van der Waals surface area contributed by atoms with Crippen molar-refractivity contribution in [3.63, 3.8) is 0 Å². The molecular weight excluding hydrogens is 759 g/mol. The average molecular weight is 790 g/mol. The van der Waals surface area contributed by atoms with Crippen LogP contribution in [0.3, 0.4) is 0 Å². The Labute approximate surface area is 347 Å². The molecule has 5 nitrogen and oxygen atoms in total. The number of hydrogen-bond donors (Lipinski definition) is 0. The van der Waals surface area contributed by atoms with Gasteiger partial charge in [-0.3, -0.25) is 0 Å². The van der Waals surface area contributed by atoms with Gasteiger partial charge in [-0.1, -0.05) is 133 Å². The van der Waals surface area contributed by atoms with E-state index in [9.17, 15) is 0 Å². The van der Waals surface area contributed by atoms with Crippen molar-refractivity contribution in [1.29, 1.82) is 0 Å². The minimum absolute atomic E-state index is 0.616. The third-order valence-electron chi connectivity index (χ3n) is 11.1. The van der Waals surface area contributed by atoms with Crippen LogP contribution in [0, 0.1) is 0 Å². The highest BCUT2D eigenvalue weighted by Crippen LogP contribution is 2.42. The van der Waals surface area contributed by atoms with Crippen molar-refractivity contribution >= 4 is 74.9 Å². The topological polar surface area (TPSA) is 56.5 Å². The molecule has 0 spiro atoms. The maximum atomic E-state index is 5.22. The van der Waals surface area contributed by atoms with E-state index in [4.69, 9.17) is 19.9 Å². The van der Waals surface area contributed by atoms with E-state index in [1.807, 2.05) is 36.4 Å². The van der Waals surface area contributed by atoms with E-state index in [1.165, 1.54) is 47.7 Å². The molecule has 0 saturated heterocycles. The minimum Gasteiger partial charge on any atom is -0.309 e. The van der Waals surface area contributed by atoms with Crippen molar-refractivity contribution in [2.45, 2.75) is 0 Å². The first-order valence-electron chi connectivity index (χ1n) is 19.5. The lowest BCUT2D eigenvalue weighted by Gasteiger charge is -2.10. The van der Waals surface area contributed by atoms with E-state index >= 15 is 0 Å². The molecule has 12 rings (SSSR count). The molecule has 0 aliphatic carbocycles. The molecule has 0 bridgehead atoms. The number of thiophene rings is 1. The second-order valence-electron chi connectivity index (χ2n) is 14.7. The van der Waals surface area contributed by atoms with Crippen LogP contribution in [-0.4, -0.2) is 24.5 Å². The molecular formula is C52H31N5S2. The smallest absolute Gasteiger partial charge is 0.164 e. The zero-order valence-corrected chi connectivity index (χ0v) is 33.1. The Morgan fingerprint density at radius 1 is 0.356 bits per heavy atom. The van der Waals surface area contributed by atoms with Crippen molar-refractivity contribution in [1.82, 2.24) is 24.5 Å². The van der Waals surface area contributed by atoms with Crippen LogP contribution in [0.4, 0.5) is 0 Å². The Kier molecular flexibility index (Phi) is 7.82. The second kappa shape index (κ2) is 13.7. The largest absolute Gasteiger partial charge is 0.309 e. The highest BCUT2D eigenvalue weighted by atomic mass is 32.1. The van der Waals surface area contributed by atoms with Crippen molar-refractivity contribution in [3.8, 4) is 61.5 Å². The predicted molar refractivity (Wildman–Crippen MR) is 247 cm³/mol. The number of benzene rings is 8. The van der Waals surface area contributed by atoms with Gasteiger partial charge in [0.25, 0.3) is 0 Å². The molecule has 0 saturated carbocycles. The van der Waals surface area contributed by atoms with Gasteiger partial charge in [0.15, 0.2) is 17.5 Å². The average Bonchev–Trinajstić information content (AvgIpc) is 4.01. The quantitative estimate of drug-likeness (QED) is 0.168. The van der Waals surface area contributed by atoms with Crippen LogP contribution in [0.5, 0.6) is 0 Å². The summed E-state index contributed by atoms with van der Waals surface area (Å²) < 4.78 is 5.91. The van der Waals surface area contributed by atoms with Crippen LogP contribution in [0.25, 0.3) is 114 Å². The highest BCUT2D eigenvalue weighted by Gasteiger charge is 2.19. The molecule has 0 unspecified atom stereocenters. The van der Waals surface area contributed by atoms with Crippen molar-refractivity contribution < 1.29 is 0 Å².